The Morgan fingerprint density at radius 3 is 2.45 bits per heavy atom. The summed E-state index contributed by atoms with van der Waals surface area (Å²) in [6.07, 6.45) is -0.525. The van der Waals surface area contributed by atoms with Gasteiger partial charge in [0.15, 0.2) is 0 Å². The number of nitrogens with zero attached hydrogens (tertiary/aromatic N) is 5. The monoisotopic (exact) mass is 521 g/mol. The maximum Gasteiger partial charge on any atom is 0.424 e. The van der Waals surface area contributed by atoms with E-state index < -0.39 is 18.3 Å². The van der Waals surface area contributed by atoms with Crippen LogP contribution in [0.25, 0.3) is 0 Å². The molecule has 2 heterocycles. The molecule has 2 atom stereocenters. The Labute approximate surface area is 220 Å². The lowest BCUT2D eigenvalue weighted by Gasteiger charge is -2.54. The predicted octanol–water partition coefficient (Wildman–Crippen LogP) is 1.60. The van der Waals surface area contributed by atoms with E-state index in [1.165, 1.54) is 37.9 Å². The number of phenols is 1. The molecule has 0 radical (unpaired) electrons. The zero-order chi connectivity index (χ0) is 27.6. The predicted molar refractivity (Wildman–Crippen MR) is 138 cm³/mol. The third-order valence-corrected chi connectivity index (χ3v) is 6.68. The van der Waals surface area contributed by atoms with Crippen LogP contribution in [0.3, 0.4) is 0 Å². The first kappa shape index (κ1) is 26.7. The molecule has 4 amide bonds. The lowest BCUT2D eigenvalue weighted by molar-refractivity contribution is -0.192. The van der Waals surface area contributed by atoms with Crippen molar-refractivity contribution in [1.29, 1.82) is 0 Å². The Balaban J connectivity index is 1.71. The number of aromatic hydroxyl groups is 1. The minimum absolute atomic E-state index is 0.0392. The average molecular weight is 522 g/mol. The molecule has 2 aromatic carbocycles. The molecule has 2 saturated heterocycles. The average Bonchev–Trinajstić information content (AvgIpc) is 2.87. The topological polar surface area (TPSA) is 125 Å². The van der Waals surface area contributed by atoms with Gasteiger partial charge >= 0.3 is 6.09 Å². The zero-order valence-electron chi connectivity index (χ0n) is 21.4. The van der Waals surface area contributed by atoms with Crippen molar-refractivity contribution in [3.63, 3.8) is 0 Å². The van der Waals surface area contributed by atoms with Gasteiger partial charge < -0.3 is 24.9 Å². The first-order valence-corrected chi connectivity index (χ1v) is 12.2. The lowest BCUT2D eigenvalue weighted by Crippen LogP contribution is -2.75. The van der Waals surface area contributed by atoms with Crippen molar-refractivity contribution in [2.75, 3.05) is 33.7 Å². The summed E-state index contributed by atoms with van der Waals surface area (Å²) in [5.74, 6) is -0.788. The normalized spacial score (nSPS) is 19.8. The number of piperazine rings is 1. The number of carbonyl (C=O) groups is 4. The summed E-state index contributed by atoms with van der Waals surface area (Å²) in [6.45, 7) is 3.70. The Morgan fingerprint density at radius 2 is 1.82 bits per heavy atom. The molecule has 0 aromatic heterocycles. The van der Waals surface area contributed by atoms with Gasteiger partial charge in [-0.25, -0.2) is 14.8 Å². The summed E-state index contributed by atoms with van der Waals surface area (Å²) < 4.78 is 0. The summed E-state index contributed by atoms with van der Waals surface area (Å²) in [5, 5.41) is 22.3. The number of hydrogen-bond donors (Lipinski definition) is 2. The van der Waals surface area contributed by atoms with Crippen LogP contribution in [-0.4, -0.2) is 105 Å². The molecule has 2 aliphatic heterocycles. The second-order valence-electron chi connectivity index (χ2n) is 9.55. The molecule has 11 nitrogen and oxygen atoms in total. The van der Waals surface area contributed by atoms with Crippen molar-refractivity contribution in [3.05, 3.63) is 77.9 Å². The van der Waals surface area contributed by atoms with E-state index >= 15 is 0 Å². The van der Waals surface area contributed by atoms with Crippen molar-refractivity contribution < 1.29 is 29.4 Å². The molecule has 0 spiro atoms. The van der Waals surface area contributed by atoms with Gasteiger partial charge in [-0.2, -0.15) is 0 Å². The lowest BCUT2D eigenvalue weighted by atomic mass is 9.98. The molecule has 4 rings (SSSR count). The van der Waals surface area contributed by atoms with Crippen LogP contribution in [0.2, 0.25) is 0 Å². The van der Waals surface area contributed by atoms with Crippen molar-refractivity contribution >= 4 is 23.8 Å². The number of fused-ring (bicyclic) bond motifs is 1. The summed E-state index contributed by atoms with van der Waals surface area (Å²) in [7, 11) is 3.31. The number of hydrazine groups is 1. The van der Waals surface area contributed by atoms with E-state index in [4.69, 9.17) is 0 Å². The molecule has 0 aliphatic carbocycles. The fraction of sp³-hybridized carbons (Fsp3) is 0.333. The summed E-state index contributed by atoms with van der Waals surface area (Å²) in [4.78, 5) is 56.3. The highest BCUT2D eigenvalue weighted by Gasteiger charge is 2.51. The van der Waals surface area contributed by atoms with E-state index in [2.05, 4.69) is 6.58 Å². The Kier molecular flexibility index (Phi) is 7.67. The van der Waals surface area contributed by atoms with Crippen molar-refractivity contribution in [2.45, 2.75) is 25.2 Å². The molecule has 200 valence electrons. The maximum absolute atomic E-state index is 13.8. The second-order valence-corrected chi connectivity index (χ2v) is 9.55. The van der Waals surface area contributed by atoms with Crippen LogP contribution >= 0.6 is 0 Å². The molecule has 38 heavy (non-hydrogen) atoms. The number of phenolic OH excluding ortho intramolecular Hbond substituents is 1. The van der Waals surface area contributed by atoms with Gasteiger partial charge in [0.1, 0.15) is 18.0 Å². The van der Waals surface area contributed by atoms with Gasteiger partial charge in [0.25, 0.3) is 5.91 Å². The number of benzene rings is 2. The first-order chi connectivity index (χ1) is 18.1. The van der Waals surface area contributed by atoms with Crippen molar-refractivity contribution in [3.8, 4) is 5.75 Å². The summed E-state index contributed by atoms with van der Waals surface area (Å²) >= 11 is 0. The van der Waals surface area contributed by atoms with Gasteiger partial charge in [-0.3, -0.25) is 14.4 Å². The first-order valence-electron chi connectivity index (χ1n) is 12.2. The summed E-state index contributed by atoms with van der Waals surface area (Å²) in [5.41, 5.74) is 1.88. The molecule has 0 saturated carbocycles. The van der Waals surface area contributed by atoms with Crippen LogP contribution in [0.1, 0.15) is 21.5 Å². The number of hydrogen-bond acceptors (Lipinski definition) is 6. The van der Waals surface area contributed by atoms with Crippen LogP contribution in [-0.2, 0) is 22.6 Å². The fourth-order valence-electron chi connectivity index (χ4n) is 4.96. The van der Waals surface area contributed by atoms with E-state index in [9.17, 15) is 29.4 Å². The third-order valence-electron chi connectivity index (χ3n) is 6.68. The zero-order valence-corrected chi connectivity index (χ0v) is 21.4. The highest BCUT2D eigenvalue weighted by Crippen LogP contribution is 2.29. The molecular formula is C27H31N5O6. The van der Waals surface area contributed by atoms with E-state index in [1.54, 1.807) is 50.5 Å². The molecule has 2 N–H and O–H groups in total. The van der Waals surface area contributed by atoms with E-state index in [1.807, 2.05) is 0 Å². The highest BCUT2D eigenvalue weighted by atomic mass is 16.4. The van der Waals surface area contributed by atoms with Gasteiger partial charge in [0, 0.05) is 39.2 Å². The van der Waals surface area contributed by atoms with Gasteiger partial charge in [0.05, 0.1) is 13.1 Å². The molecule has 2 aliphatic rings. The number of carbonyl (C=O) groups excluding carboxylic acids is 3. The fourth-order valence-corrected chi connectivity index (χ4v) is 4.96. The minimum Gasteiger partial charge on any atom is -0.508 e. The van der Waals surface area contributed by atoms with Crippen molar-refractivity contribution in [2.24, 2.45) is 0 Å². The highest BCUT2D eigenvalue weighted by molar-refractivity contribution is 5.94. The molecular weight excluding hydrogens is 490 g/mol. The van der Waals surface area contributed by atoms with Crippen LogP contribution in [0.5, 0.6) is 5.75 Å². The standard InChI is InChI=1S/C27H31N5O6/c1-4-12-30-17-24(34)31-22(14-18-8-10-21(33)11-9-18)26(36)29(16-23(31)32(30)27(37)38)15-19-6-5-7-20(13-19)25(35)28(2)3/h4-11,13,22-23,33H,1,12,14-17H2,2-3H3,(H,37,38). The largest absolute Gasteiger partial charge is 0.508 e. The second kappa shape index (κ2) is 10.9. The summed E-state index contributed by atoms with van der Waals surface area (Å²) in [6, 6.07) is 12.3. The van der Waals surface area contributed by atoms with Crippen molar-refractivity contribution in [1.82, 2.24) is 24.7 Å². The minimum atomic E-state index is -1.24. The van der Waals surface area contributed by atoms with Gasteiger partial charge in [-0.05, 0) is 35.4 Å². The SMILES string of the molecule is C=CCN1CC(=O)N2C(Cc3ccc(O)cc3)C(=O)N(Cc3cccc(C(=O)N(C)C)c3)CC2N1C(=O)O. The smallest absolute Gasteiger partial charge is 0.424 e. The van der Waals surface area contributed by atoms with Crippen LogP contribution < -0.4 is 0 Å². The Hall–Kier alpha value is -4.38. The van der Waals surface area contributed by atoms with Gasteiger partial charge in [-0.1, -0.05) is 30.3 Å². The molecule has 0 bridgehead atoms. The number of carboxylic acid groups (broad SMARTS) is 1. The number of rotatable bonds is 7. The van der Waals surface area contributed by atoms with Crippen LogP contribution in [0.15, 0.2) is 61.2 Å². The quantitative estimate of drug-likeness (QED) is 0.530. The molecule has 2 aromatic rings. The van der Waals surface area contributed by atoms with E-state index in [0.29, 0.717) is 16.7 Å². The van der Waals surface area contributed by atoms with Gasteiger partial charge in [0.2, 0.25) is 11.8 Å². The maximum atomic E-state index is 13.8. The van der Waals surface area contributed by atoms with Crippen LogP contribution in [0, 0.1) is 0 Å². The van der Waals surface area contributed by atoms with Crippen LogP contribution in [0.4, 0.5) is 4.79 Å². The van der Waals surface area contributed by atoms with Gasteiger partial charge in [-0.15, -0.1) is 6.58 Å². The molecule has 2 unspecified atom stereocenters. The molecule has 11 heteroatoms. The Bertz CT molecular complexity index is 1250. The molecule has 2 fully saturated rings. The van der Waals surface area contributed by atoms with E-state index in [0.717, 1.165) is 5.01 Å². The number of amides is 4. The third kappa shape index (κ3) is 5.32. The van der Waals surface area contributed by atoms with E-state index in [-0.39, 0.29) is 56.1 Å². The Morgan fingerprint density at radius 1 is 1.11 bits per heavy atom.